The highest BCUT2D eigenvalue weighted by Gasteiger charge is 2.32. The molecule has 7 heteroatoms. The van der Waals surface area contributed by atoms with Crippen molar-refractivity contribution in [1.29, 1.82) is 0 Å². The number of amides is 1. The Kier molecular flexibility index (Phi) is 6.51. The van der Waals surface area contributed by atoms with E-state index in [1.165, 1.54) is 11.8 Å². The summed E-state index contributed by atoms with van der Waals surface area (Å²) >= 11 is 3.01. The lowest BCUT2D eigenvalue weighted by Gasteiger charge is -2.17. The van der Waals surface area contributed by atoms with Gasteiger partial charge in [-0.15, -0.1) is 0 Å². The van der Waals surface area contributed by atoms with Crippen LogP contribution in [0.1, 0.15) is 17.7 Å². The van der Waals surface area contributed by atoms with Crippen LogP contribution in [-0.4, -0.2) is 34.0 Å². The zero-order chi connectivity index (χ0) is 22.6. The van der Waals surface area contributed by atoms with Crippen LogP contribution in [0.4, 0.5) is 0 Å². The number of amidine groups is 1. The normalized spacial score (nSPS) is 20.0. The van der Waals surface area contributed by atoms with Crippen LogP contribution in [0.3, 0.4) is 0 Å². The van der Waals surface area contributed by atoms with Crippen molar-refractivity contribution < 1.29 is 9.53 Å². The predicted octanol–water partition coefficient (Wildman–Crippen LogP) is 5.51. The Labute approximate surface area is 201 Å². The number of nitrogens with zero attached hydrogens (tertiary/aromatic N) is 2. The first-order valence-corrected chi connectivity index (χ1v) is 12.6. The summed E-state index contributed by atoms with van der Waals surface area (Å²) in [6, 6.07) is 21.8. The van der Waals surface area contributed by atoms with E-state index in [0.29, 0.717) is 11.8 Å². The van der Waals surface area contributed by atoms with E-state index in [0.717, 1.165) is 27.3 Å². The van der Waals surface area contributed by atoms with Crippen LogP contribution in [0.2, 0.25) is 0 Å². The SMILES string of the molecule is CCOC1=C[C@@H]2SC(NC(=O)[C@H](Sc3ccc4ccccc4n3)c3ccccc3)=N[C@@H]2C=C1. The van der Waals surface area contributed by atoms with Gasteiger partial charge in [0, 0.05) is 5.39 Å². The number of carbonyl (C=O) groups is 1. The Hall–Kier alpha value is -3.03. The fourth-order valence-electron chi connectivity index (χ4n) is 3.76. The standard InChI is InChI=1S/C26H23N3O2S2/c1-2-31-19-13-14-21-22(16-19)32-26(28-21)29-25(30)24(18-9-4-3-5-10-18)33-23-15-12-17-8-6-7-11-20(17)27-23/h3-16,21-22,24H,2H2,1H3,(H,28,29,30)/t21-,22+,24-/m1/s1. The van der Waals surface area contributed by atoms with Gasteiger partial charge in [-0.1, -0.05) is 84.2 Å². The third-order valence-corrected chi connectivity index (χ3v) is 7.64. The molecule has 1 amide bonds. The smallest absolute Gasteiger partial charge is 0.243 e. The van der Waals surface area contributed by atoms with E-state index in [9.17, 15) is 4.79 Å². The molecule has 0 unspecified atom stereocenters. The van der Waals surface area contributed by atoms with Crippen LogP contribution in [0, 0.1) is 0 Å². The minimum Gasteiger partial charge on any atom is -0.494 e. The van der Waals surface area contributed by atoms with Crippen molar-refractivity contribution in [3.8, 4) is 0 Å². The van der Waals surface area contributed by atoms with Gasteiger partial charge in [0.2, 0.25) is 5.91 Å². The van der Waals surface area contributed by atoms with Crippen molar-refractivity contribution in [3.05, 3.63) is 96.3 Å². The van der Waals surface area contributed by atoms with Gasteiger partial charge >= 0.3 is 0 Å². The summed E-state index contributed by atoms with van der Waals surface area (Å²) in [7, 11) is 0. The number of allylic oxidation sites excluding steroid dienone is 1. The van der Waals surface area contributed by atoms with Crippen molar-refractivity contribution in [2.24, 2.45) is 4.99 Å². The number of aliphatic imine (C=N–C) groups is 1. The molecule has 2 aliphatic rings. The van der Waals surface area contributed by atoms with Crippen molar-refractivity contribution in [1.82, 2.24) is 10.3 Å². The molecule has 0 saturated heterocycles. The largest absolute Gasteiger partial charge is 0.494 e. The van der Waals surface area contributed by atoms with Gasteiger partial charge in [0.25, 0.3) is 0 Å². The average Bonchev–Trinajstić information content (AvgIpc) is 3.24. The van der Waals surface area contributed by atoms with Gasteiger partial charge in [-0.3, -0.25) is 9.79 Å². The number of hydrogen-bond donors (Lipinski definition) is 1. The highest BCUT2D eigenvalue weighted by molar-refractivity contribution is 8.14. The van der Waals surface area contributed by atoms with Crippen molar-refractivity contribution in [3.63, 3.8) is 0 Å². The molecule has 166 valence electrons. The number of nitrogens with one attached hydrogen (secondary N) is 1. The third-order valence-electron chi connectivity index (χ3n) is 5.33. The molecule has 0 radical (unpaired) electrons. The molecule has 5 nitrogen and oxygen atoms in total. The Morgan fingerprint density at radius 1 is 1.12 bits per heavy atom. The van der Waals surface area contributed by atoms with E-state index in [-0.39, 0.29) is 17.2 Å². The van der Waals surface area contributed by atoms with Crippen molar-refractivity contribution in [2.75, 3.05) is 6.61 Å². The first-order chi connectivity index (χ1) is 16.2. The second-order valence-electron chi connectivity index (χ2n) is 7.61. The predicted molar refractivity (Wildman–Crippen MR) is 136 cm³/mol. The average molecular weight is 474 g/mol. The molecule has 1 N–H and O–H groups in total. The van der Waals surface area contributed by atoms with Crippen LogP contribution in [-0.2, 0) is 9.53 Å². The lowest BCUT2D eigenvalue weighted by Crippen LogP contribution is -2.31. The molecule has 0 fully saturated rings. The van der Waals surface area contributed by atoms with Crippen LogP contribution >= 0.6 is 23.5 Å². The summed E-state index contributed by atoms with van der Waals surface area (Å²) in [4.78, 5) is 22.9. The van der Waals surface area contributed by atoms with Crippen LogP contribution in [0.5, 0.6) is 0 Å². The number of benzene rings is 2. The highest BCUT2D eigenvalue weighted by atomic mass is 32.2. The summed E-state index contributed by atoms with van der Waals surface area (Å²) in [5.74, 6) is 0.748. The van der Waals surface area contributed by atoms with Gasteiger partial charge in [-0.05, 0) is 36.8 Å². The summed E-state index contributed by atoms with van der Waals surface area (Å²) in [5.41, 5.74) is 1.84. The van der Waals surface area contributed by atoms with E-state index in [4.69, 9.17) is 14.7 Å². The lowest BCUT2D eigenvalue weighted by molar-refractivity contribution is -0.119. The van der Waals surface area contributed by atoms with Gasteiger partial charge in [-0.2, -0.15) is 0 Å². The van der Waals surface area contributed by atoms with Crippen LogP contribution in [0.25, 0.3) is 10.9 Å². The molecule has 2 aromatic carbocycles. The zero-order valence-corrected chi connectivity index (χ0v) is 19.7. The molecule has 3 aromatic rings. The fraction of sp³-hybridized carbons (Fsp3) is 0.192. The molecule has 33 heavy (non-hydrogen) atoms. The molecule has 0 saturated carbocycles. The molecule has 0 spiro atoms. The van der Waals surface area contributed by atoms with Crippen molar-refractivity contribution >= 4 is 45.5 Å². The number of para-hydroxylation sites is 1. The van der Waals surface area contributed by atoms with E-state index in [2.05, 4.69) is 11.4 Å². The Bertz CT molecular complexity index is 1260. The summed E-state index contributed by atoms with van der Waals surface area (Å²) in [6.45, 7) is 2.60. The first kappa shape index (κ1) is 21.8. The van der Waals surface area contributed by atoms with Crippen LogP contribution < -0.4 is 5.32 Å². The minimum absolute atomic E-state index is 0.0134. The van der Waals surface area contributed by atoms with Crippen LogP contribution in [0.15, 0.2) is 101 Å². The molecule has 1 aliphatic heterocycles. The van der Waals surface area contributed by atoms with Gasteiger partial charge in [-0.25, -0.2) is 4.98 Å². The molecule has 2 heterocycles. The Morgan fingerprint density at radius 2 is 1.94 bits per heavy atom. The fourth-order valence-corrected chi connectivity index (χ4v) is 5.86. The molecule has 5 rings (SSSR count). The zero-order valence-electron chi connectivity index (χ0n) is 18.0. The highest BCUT2D eigenvalue weighted by Crippen LogP contribution is 2.37. The maximum absolute atomic E-state index is 13.4. The Morgan fingerprint density at radius 3 is 2.79 bits per heavy atom. The minimum atomic E-state index is -0.448. The maximum atomic E-state index is 13.4. The molecule has 1 aliphatic carbocycles. The number of carbonyl (C=O) groups excluding carboxylic acids is 1. The van der Waals surface area contributed by atoms with E-state index < -0.39 is 5.25 Å². The topological polar surface area (TPSA) is 63.6 Å². The molecule has 0 bridgehead atoms. The quantitative estimate of drug-likeness (QED) is 0.478. The number of pyridine rings is 1. The van der Waals surface area contributed by atoms with Gasteiger partial charge in [0.15, 0.2) is 5.17 Å². The summed E-state index contributed by atoms with van der Waals surface area (Å²) in [5, 5.41) is 5.27. The Balaban J connectivity index is 1.35. The molecule has 1 aromatic heterocycles. The lowest BCUT2D eigenvalue weighted by atomic mass is 10.1. The van der Waals surface area contributed by atoms with Gasteiger partial charge in [0.1, 0.15) is 11.0 Å². The molecule has 3 atom stereocenters. The number of rotatable bonds is 6. The summed E-state index contributed by atoms with van der Waals surface area (Å²) < 4.78 is 5.61. The maximum Gasteiger partial charge on any atom is 0.243 e. The number of hydrogen-bond acceptors (Lipinski definition) is 6. The van der Waals surface area contributed by atoms with Crippen molar-refractivity contribution in [2.45, 2.75) is 28.5 Å². The van der Waals surface area contributed by atoms with Gasteiger partial charge < -0.3 is 10.1 Å². The number of aromatic nitrogens is 1. The number of thioether (sulfide) groups is 2. The van der Waals surface area contributed by atoms with E-state index >= 15 is 0 Å². The van der Waals surface area contributed by atoms with Gasteiger partial charge in [0.05, 0.1) is 28.4 Å². The molecular weight excluding hydrogens is 450 g/mol. The number of ether oxygens (including phenoxy) is 1. The second-order valence-corrected chi connectivity index (χ2v) is 9.90. The second kappa shape index (κ2) is 9.85. The van der Waals surface area contributed by atoms with E-state index in [1.807, 2.05) is 85.8 Å². The van der Waals surface area contributed by atoms with E-state index in [1.54, 1.807) is 11.8 Å². The third kappa shape index (κ3) is 4.99. The number of fused-ring (bicyclic) bond motifs is 2. The molecular formula is C26H23N3O2S2. The summed E-state index contributed by atoms with van der Waals surface area (Å²) in [6.07, 6.45) is 6.06. The first-order valence-electron chi connectivity index (χ1n) is 10.8. The monoisotopic (exact) mass is 473 g/mol.